The molecule has 0 saturated carbocycles. The number of anilines is 2. The van der Waals surface area contributed by atoms with Gasteiger partial charge in [-0.05, 0) is 67.4 Å². The van der Waals surface area contributed by atoms with Crippen LogP contribution >= 0.6 is 0 Å². The lowest BCUT2D eigenvalue weighted by molar-refractivity contribution is 0.373. The van der Waals surface area contributed by atoms with Crippen molar-refractivity contribution < 1.29 is 14.3 Å². The second-order valence-electron chi connectivity index (χ2n) is 7.33. The van der Waals surface area contributed by atoms with Gasteiger partial charge in [0.25, 0.3) is 0 Å². The van der Waals surface area contributed by atoms with Crippen molar-refractivity contribution in [2.45, 2.75) is 26.8 Å². The van der Waals surface area contributed by atoms with Crippen molar-refractivity contribution in [1.29, 1.82) is 0 Å². The molecule has 7 nitrogen and oxygen atoms in total. The van der Waals surface area contributed by atoms with Crippen molar-refractivity contribution in [1.82, 2.24) is 9.78 Å². The number of methoxy groups -OCH3 is 1. The van der Waals surface area contributed by atoms with Crippen LogP contribution in [0.4, 0.5) is 11.4 Å². The molecular weight excluding hydrogens is 392 g/mol. The van der Waals surface area contributed by atoms with Crippen molar-refractivity contribution in [2.24, 2.45) is 0 Å². The number of aromatic nitrogens is 2. The van der Waals surface area contributed by atoms with Gasteiger partial charge >= 0.3 is 0 Å². The standard InChI is InChI=1S/C24H26N4O3/c1-4-17-12-21(23-9-5-15(2)31-23)28(27-17)18-7-8-20(19(25)13-18)26-14-16-6-10-24(30-3)22(29)11-16/h5-13,26,29H,4,14,25H2,1-3H3. The highest BCUT2D eigenvalue weighted by atomic mass is 16.5. The zero-order valence-corrected chi connectivity index (χ0v) is 17.8. The molecule has 0 aliphatic heterocycles. The number of benzene rings is 2. The summed E-state index contributed by atoms with van der Waals surface area (Å²) in [5.74, 6) is 2.17. The Kier molecular flexibility index (Phi) is 5.58. The van der Waals surface area contributed by atoms with Crippen molar-refractivity contribution in [2.75, 3.05) is 18.2 Å². The van der Waals surface area contributed by atoms with E-state index >= 15 is 0 Å². The number of phenols is 1. The van der Waals surface area contributed by atoms with Gasteiger partial charge in [-0.15, -0.1) is 0 Å². The topological polar surface area (TPSA) is 98.5 Å². The first-order valence-corrected chi connectivity index (χ1v) is 10.1. The van der Waals surface area contributed by atoms with E-state index in [0.717, 1.165) is 46.3 Å². The van der Waals surface area contributed by atoms with Crippen molar-refractivity contribution in [3.8, 4) is 28.6 Å². The molecule has 4 N–H and O–H groups in total. The molecule has 0 atom stereocenters. The Morgan fingerprint density at radius 1 is 1.13 bits per heavy atom. The molecule has 0 radical (unpaired) electrons. The van der Waals surface area contributed by atoms with Crippen LogP contribution in [0.3, 0.4) is 0 Å². The van der Waals surface area contributed by atoms with Gasteiger partial charge < -0.3 is 25.3 Å². The molecule has 0 bridgehead atoms. The van der Waals surface area contributed by atoms with Gasteiger partial charge in [-0.2, -0.15) is 5.10 Å². The Morgan fingerprint density at radius 2 is 1.97 bits per heavy atom. The number of aryl methyl sites for hydroxylation is 2. The predicted octanol–water partition coefficient (Wildman–Crippen LogP) is 4.91. The van der Waals surface area contributed by atoms with Crippen molar-refractivity contribution in [3.63, 3.8) is 0 Å². The molecule has 0 amide bonds. The highest BCUT2D eigenvalue weighted by Gasteiger charge is 2.15. The maximum absolute atomic E-state index is 9.95. The summed E-state index contributed by atoms with van der Waals surface area (Å²) in [6.07, 6.45) is 0.823. The van der Waals surface area contributed by atoms with E-state index < -0.39 is 0 Å². The smallest absolute Gasteiger partial charge is 0.160 e. The number of hydrogen-bond donors (Lipinski definition) is 3. The molecule has 0 aliphatic carbocycles. The number of furan rings is 1. The number of nitrogens with zero attached hydrogens (tertiary/aromatic N) is 2. The fraction of sp³-hybridized carbons (Fsp3) is 0.208. The van der Waals surface area contributed by atoms with Crippen LogP contribution < -0.4 is 15.8 Å². The number of phenolic OH excluding ortho intramolecular Hbond substituents is 1. The minimum atomic E-state index is 0.108. The molecule has 0 saturated heterocycles. The van der Waals surface area contributed by atoms with Crippen LogP contribution in [0, 0.1) is 6.92 Å². The van der Waals surface area contributed by atoms with Gasteiger partial charge in [0.2, 0.25) is 0 Å². The summed E-state index contributed by atoms with van der Waals surface area (Å²) >= 11 is 0. The molecule has 0 fully saturated rings. The number of aromatic hydroxyl groups is 1. The van der Waals surface area contributed by atoms with E-state index in [9.17, 15) is 5.11 Å². The van der Waals surface area contributed by atoms with Gasteiger partial charge in [0.1, 0.15) is 11.5 Å². The Hall–Kier alpha value is -3.87. The summed E-state index contributed by atoms with van der Waals surface area (Å²) in [7, 11) is 1.52. The molecule has 0 unspecified atom stereocenters. The largest absolute Gasteiger partial charge is 0.504 e. The first kappa shape index (κ1) is 20.4. The van der Waals surface area contributed by atoms with E-state index in [0.29, 0.717) is 18.0 Å². The highest BCUT2D eigenvalue weighted by molar-refractivity contribution is 5.70. The predicted molar refractivity (Wildman–Crippen MR) is 122 cm³/mol. The number of nitrogens with one attached hydrogen (secondary N) is 1. The van der Waals surface area contributed by atoms with Crippen LogP contribution in [0.5, 0.6) is 11.5 Å². The third-order valence-electron chi connectivity index (χ3n) is 5.12. The second-order valence-corrected chi connectivity index (χ2v) is 7.33. The maximum atomic E-state index is 9.95. The van der Waals surface area contributed by atoms with E-state index in [-0.39, 0.29) is 5.75 Å². The molecule has 2 heterocycles. The lowest BCUT2D eigenvalue weighted by Gasteiger charge is -2.13. The third-order valence-corrected chi connectivity index (χ3v) is 5.12. The summed E-state index contributed by atoms with van der Waals surface area (Å²) in [5.41, 5.74) is 11.4. The SMILES string of the molecule is CCc1cc(-c2ccc(C)o2)n(-c2ccc(NCc3ccc(OC)c(O)c3)c(N)c2)n1. The molecule has 2 aromatic carbocycles. The normalized spacial score (nSPS) is 10.9. The molecule has 0 aliphatic rings. The Balaban J connectivity index is 1.58. The van der Waals surface area contributed by atoms with Gasteiger partial charge in [-0.3, -0.25) is 0 Å². The molecular formula is C24H26N4O3. The summed E-state index contributed by atoms with van der Waals surface area (Å²) in [6, 6.07) is 17.0. The van der Waals surface area contributed by atoms with Crippen LogP contribution in [-0.2, 0) is 13.0 Å². The Bertz CT molecular complexity index is 1210. The number of nitrogen functional groups attached to an aromatic ring is 1. The minimum Gasteiger partial charge on any atom is -0.504 e. The summed E-state index contributed by atoms with van der Waals surface area (Å²) < 4.78 is 12.8. The van der Waals surface area contributed by atoms with Crippen LogP contribution in [0.25, 0.3) is 17.1 Å². The van der Waals surface area contributed by atoms with E-state index in [1.165, 1.54) is 7.11 Å². The third kappa shape index (κ3) is 4.21. The summed E-state index contributed by atoms with van der Waals surface area (Å²) in [6.45, 7) is 4.51. The molecule has 2 aromatic heterocycles. The van der Waals surface area contributed by atoms with E-state index in [1.54, 1.807) is 12.1 Å². The molecule has 160 valence electrons. The van der Waals surface area contributed by atoms with E-state index in [1.807, 2.05) is 54.1 Å². The fourth-order valence-corrected chi connectivity index (χ4v) is 3.43. The lowest BCUT2D eigenvalue weighted by Crippen LogP contribution is -2.05. The maximum Gasteiger partial charge on any atom is 0.160 e. The molecule has 4 rings (SSSR count). The van der Waals surface area contributed by atoms with Crippen molar-refractivity contribution >= 4 is 11.4 Å². The van der Waals surface area contributed by atoms with Gasteiger partial charge in [0, 0.05) is 6.54 Å². The van der Waals surface area contributed by atoms with Gasteiger partial charge in [-0.25, -0.2) is 4.68 Å². The van der Waals surface area contributed by atoms with Crippen LogP contribution in [-0.4, -0.2) is 22.0 Å². The average molecular weight is 418 g/mol. The summed E-state index contributed by atoms with van der Waals surface area (Å²) in [5, 5.41) is 18.0. The van der Waals surface area contributed by atoms with Crippen LogP contribution in [0.2, 0.25) is 0 Å². The molecule has 7 heteroatoms. The zero-order chi connectivity index (χ0) is 22.0. The molecule has 31 heavy (non-hydrogen) atoms. The van der Waals surface area contributed by atoms with Crippen molar-refractivity contribution in [3.05, 3.63) is 71.6 Å². The number of nitrogens with two attached hydrogens (primary N) is 1. The van der Waals surface area contributed by atoms with E-state index in [2.05, 4.69) is 12.2 Å². The van der Waals surface area contributed by atoms with Gasteiger partial charge in [-0.1, -0.05) is 13.0 Å². The number of hydrogen-bond acceptors (Lipinski definition) is 6. The zero-order valence-electron chi connectivity index (χ0n) is 17.8. The van der Waals surface area contributed by atoms with E-state index in [4.69, 9.17) is 20.0 Å². The van der Waals surface area contributed by atoms with Crippen LogP contribution in [0.15, 0.2) is 59.0 Å². The first-order valence-electron chi connectivity index (χ1n) is 10.1. The van der Waals surface area contributed by atoms with Gasteiger partial charge in [0.15, 0.2) is 17.3 Å². The Labute approximate surface area is 181 Å². The minimum absolute atomic E-state index is 0.108. The average Bonchev–Trinajstić information content (AvgIpc) is 3.39. The number of ether oxygens (including phenoxy) is 1. The lowest BCUT2D eigenvalue weighted by atomic mass is 10.2. The number of rotatable bonds is 7. The summed E-state index contributed by atoms with van der Waals surface area (Å²) in [4.78, 5) is 0. The quantitative estimate of drug-likeness (QED) is 0.369. The van der Waals surface area contributed by atoms with Gasteiger partial charge in [0.05, 0.1) is 29.9 Å². The molecule has 0 spiro atoms. The first-order chi connectivity index (χ1) is 15.0. The monoisotopic (exact) mass is 418 g/mol. The fourth-order valence-electron chi connectivity index (χ4n) is 3.43. The Morgan fingerprint density at radius 3 is 2.61 bits per heavy atom. The van der Waals surface area contributed by atoms with Crippen LogP contribution in [0.1, 0.15) is 23.9 Å². The second kappa shape index (κ2) is 8.47. The highest BCUT2D eigenvalue weighted by Crippen LogP contribution is 2.30. The molecule has 4 aromatic rings.